The van der Waals surface area contributed by atoms with Gasteiger partial charge in [0.15, 0.2) is 10.7 Å². The van der Waals surface area contributed by atoms with Crippen LogP contribution in [0.15, 0.2) is 65.0 Å². The van der Waals surface area contributed by atoms with Gasteiger partial charge in [-0.05, 0) is 12.1 Å². The van der Waals surface area contributed by atoms with E-state index < -0.39 is 10.7 Å². The van der Waals surface area contributed by atoms with Crippen molar-refractivity contribution in [3.63, 3.8) is 0 Å². The van der Waals surface area contributed by atoms with E-state index in [1.54, 1.807) is 6.07 Å². The first kappa shape index (κ1) is 12.7. The first-order valence-corrected chi connectivity index (χ1v) is 7.27. The van der Waals surface area contributed by atoms with E-state index in [9.17, 15) is 8.42 Å². The summed E-state index contributed by atoms with van der Waals surface area (Å²) in [6.07, 6.45) is 0. The first-order valence-electron chi connectivity index (χ1n) is 5.27. The number of rotatable bonds is 1. The maximum absolute atomic E-state index is 10.6. The Balaban J connectivity index is 0.000000169. The molecule has 18 heavy (non-hydrogen) atoms. The molecule has 0 radical (unpaired) electrons. The Labute approximate surface area is 111 Å². The summed E-state index contributed by atoms with van der Waals surface area (Å²) in [5, 5.41) is 0. The predicted octanol–water partition coefficient (Wildman–Crippen LogP) is 2.95. The van der Waals surface area contributed by atoms with Crippen molar-refractivity contribution in [2.24, 2.45) is 0 Å². The van der Waals surface area contributed by atoms with E-state index in [1.165, 1.54) is 11.3 Å². The van der Waals surface area contributed by atoms with Gasteiger partial charge >= 0.3 is 0 Å². The number of para-hydroxylation sites is 1. The van der Waals surface area contributed by atoms with Crippen LogP contribution >= 0.6 is 11.3 Å². The number of thiol groups is 1. The van der Waals surface area contributed by atoms with Gasteiger partial charge in [-0.3, -0.25) is 0 Å². The van der Waals surface area contributed by atoms with Crippen molar-refractivity contribution in [1.29, 1.82) is 0 Å². The van der Waals surface area contributed by atoms with Crippen LogP contribution in [0.25, 0.3) is 10.2 Å². The Morgan fingerprint density at radius 1 is 0.833 bits per heavy atom. The summed E-state index contributed by atoms with van der Waals surface area (Å²) in [5.74, 6) is 0. The van der Waals surface area contributed by atoms with Crippen molar-refractivity contribution in [3.05, 3.63) is 60.7 Å². The molecule has 0 N–H and O–H groups in total. The van der Waals surface area contributed by atoms with Gasteiger partial charge in [0.2, 0.25) is 4.34 Å². The quantitative estimate of drug-likeness (QED) is 0.696. The Morgan fingerprint density at radius 2 is 1.39 bits per heavy atom. The van der Waals surface area contributed by atoms with Gasteiger partial charge in [-0.25, -0.2) is 13.4 Å². The standard InChI is InChI=1S/C7H5NO2S2.C6H6/c9-12(10)7-8-5-3-1-2-4-6(5)11-7;1-2-4-6-5-3-1/h1-4,12H;1-6H. The Hall–Kier alpha value is -1.72. The van der Waals surface area contributed by atoms with Crippen LogP contribution in [0.2, 0.25) is 0 Å². The van der Waals surface area contributed by atoms with Gasteiger partial charge in [0.25, 0.3) is 0 Å². The van der Waals surface area contributed by atoms with Crippen molar-refractivity contribution in [2.45, 2.75) is 4.34 Å². The van der Waals surface area contributed by atoms with Crippen LogP contribution in [0, 0.1) is 0 Å². The number of nitrogens with zero attached hydrogens (tertiary/aromatic N) is 1. The van der Waals surface area contributed by atoms with Crippen LogP contribution in [0.1, 0.15) is 0 Å². The van der Waals surface area contributed by atoms with E-state index in [1.807, 2.05) is 54.6 Å². The van der Waals surface area contributed by atoms with E-state index in [0.717, 1.165) is 10.2 Å². The molecule has 5 heteroatoms. The second kappa shape index (κ2) is 6.28. The number of fused-ring (bicyclic) bond motifs is 1. The van der Waals surface area contributed by atoms with Crippen molar-refractivity contribution < 1.29 is 8.42 Å². The molecule has 3 rings (SSSR count). The molecule has 3 nitrogen and oxygen atoms in total. The van der Waals surface area contributed by atoms with Crippen LogP contribution in [-0.4, -0.2) is 13.4 Å². The highest BCUT2D eigenvalue weighted by atomic mass is 32.2. The van der Waals surface area contributed by atoms with Gasteiger partial charge in [-0.2, -0.15) is 0 Å². The van der Waals surface area contributed by atoms with E-state index in [2.05, 4.69) is 4.98 Å². The third-order valence-corrected chi connectivity index (χ3v) is 4.08. The van der Waals surface area contributed by atoms with Crippen LogP contribution in [0.4, 0.5) is 0 Å². The van der Waals surface area contributed by atoms with Gasteiger partial charge in [-0.1, -0.05) is 48.5 Å². The van der Waals surface area contributed by atoms with Gasteiger partial charge in [-0.15, -0.1) is 11.3 Å². The lowest BCUT2D eigenvalue weighted by Crippen LogP contribution is -1.74. The fourth-order valence-corrected chi connectivity index (χ4v) is 2.81. The van der Waals surface area contributed by atoms with E-state index in [4.69, 9.17) is 0 Å². The fraction of sp³-hybridized carbons (Fsp3) is 0. The average Bonchev–Trinajstić information content (AvgIpc) is 2.85. The maximum Gasteiger partial charge on any atom is 0.207 e. The molecule has 1 aromatic heterocycles. The van der Waals surface area contributed by atoms with Crippen LogP contribution < -0.4 is 0 Å². The lowest BCUT2D eigenvalue weighted by molar-refractivity contribution is 0.614. The summed E-state index contributed by atoms with van der Waals surface area (Å²) in [7, 11) is -2.53. The third kappa shape index (κ3) is 3.38. The smallest absolute Gasteiger partial charge is 0.207 e. The molecule has 0 saturated carbocycles. The molecule has 2 aromatic carbocycles. The normalized spacial score (nSPS) is 10.1. The minimum Gasteiger partial charge on any atom is -0.225 e. The van der Waals surface area contributed by atoms with Crippen molar-refractivity contribution in [2.75, 3.05) is 0 Å². The molecule has 0 aliphatic carbocycles. The average molecular weight is 277 g/mol. The number of benzene rings is 2. The van der Waals surface area contributed by atoms with Gasteiger partial charge in [0, 0.05) is 0 Å². The van der Waals surface area contributed by atoms with E-state index in [0.29, 0.717) is 0 Å². The zero-order valence-corrected chi connectivity index (χ0v) is 11.1. The maximum atomic E-state index is 10.6. The van der Waals surface area contributed by atoms with Gasteiger partial charge < -0.3 is 0 Å². The fourth-order valence-electron chi connectivity index (χ4n) is 1.32. The van der Waals surface area contributed by atoms with Crippen LogP contribution in [-0.2, 0) is 10.7 Å². The number of thiazole rings is 1. The van der Waals surface area contributed by atoms with E-state index >= 15 is 0 Å². The summed E-state index contributed by atoms with van der Waals surface area (Å²) >= 11 is 1.20. The van der Waals surface area contributed by atoms with Crippen molar-refractivity contribution in [1.82, 2.24) is 4.98 Å². The summed E-state index contributed by atoms with van der Waals surface area (Å²) in [4.78, 5) is 3.93. The molecule has 0 fully saturated rings. The lowest BCUT2D eigenvalue weighted by atomic mass is 10.3. The largest absolute Gasteiger partial charge is 0.225 e. The minimum absolute atomic E-state index is 0.186. The number of aromatic nitrogens is 1. The zero-order valence-electron chi connectivity index (χ0n) is 9.39. The minimum atomic E-state index is -2.53. The number of hydrogen-bond acceptors (Lipinski definition) is 4. The Morgan fingerprint density at radius 3 is 1.89 bits per heavy atom. The molecule has 0 aliphatic rings. The second-order valence-electron chi connectivity index (χ2n) is 3.38. The Kier molecular flexibility index (Phi) is 4.44. The molecular formula is C13H11NO2S2. The summed E-state index contributed by atoms with van der Waals surface area (Å²) in [6, 6.07) is 19.4. The SMILES string of the molecule is O=[SH](=O)c1nc2ccccc2s1.c1ccccc1. The highest BCUT2D eigenvalue weighted by Gasteiger charge is 2.03. The molecule has 0 atom stereocenters. The van der Waals surface area contributed by atoms with Crippen LogP contribution in [0.3, 0.4) is 0 Å². The molecule has 0 spiro atoms. The van der Waals surface area contributed by atoms with Crippen molar-refractivity contribution >= 4 is 32.3 Å². The topological polar surface area (TPSA) is 47.0 Å². The molecule has 0 bridgehead atoms. The summed E-state index contributed by atoms with van der Waals surface area (Å²) < 4.78 is 22.2. The summed E-state index contributed by atoms with van der Waals surface area (Å²) in [5.41, 5.74) is 0.747. The summed E-state index contributed by atoms with van der Waals surface area (Å²) in [6.45, 7) is 0. The molecule has 0 aliphatic heterocycles. The zero-order chi connectivity index (χ0) is 12.8. The second-order valence-corrected chi connectivity index (χ2v) is 5.65. The van der Waals surface area contributed by atoms with Gasteiger partial charge in [0.1, 0.15) is 0 Å². The monoisotopic (exact) mass is 277 g/mol. The van der Waals surface area contributed by atoms with E-state index in [-0.39, 0.29) is 4.34 Å². The van der Waals surface area contributed by atoms with Crippen molar-refractivity contribution in [3.8, 4) is 0 Å². The molecule has 0 amide bonds. The first-order chi connectivity index (χ1) is 8.77. The molecule has 92 valence electrons. The highest BCUT2D eigenvalue weighted by Crippen LogP contribution is 2.21. The van der Waals surface area contributed by atoms with Crippen LogP contribution in [0.5, 0.6) is 0 Å². The Bertz CT molecular complexity index is 623. The molecule has 0 saturated heterocycles. The molecule has 0 unspecified atom stereocenters. The molecule has 1 heterocycles. The lowest BCUT2D eigenvalue weighted by Gasteiger charge is -1.80. The number of hydrogen-bond donors (Lipinski definition) is 1. The highest BCUT2D eigenvalue weighted by molar-refractivity contribution is 7.75. The third-order valence-electron chi connectivity index (χ3n) is 2.11. The van der Waals surface area contributed by atoms with Gasteiger partial charge in [0.05, 0.1) is 10.2 Å². The predicted molar refractivity (Wildman–Crippen MR) is 74.6 cm³/mol. The molecular weight excluding hydrogens is 266 g/mol. The molecule has 3 aromatic rings.